The normalized spacial score (nSPS) is 11.1. The first-order chi connectivity index (χ1) is 12.5. The third-order valence-corrected chi connectivity index (χ3v) is 4.55. The first-order valence-corrected chi connectivity index (χ1v) is 8.85. The number of hydrogen-bond acceptors (Lipinski definition) is 6. The second kappa shape index (κ2) is 8.94. The Morgan fingerprint density at radius 3 is 2.77 bits per heavy atom. The third kappa shape index (κ3) is 4.57. The third-order valence-electron chi connectivity index (χ3n) is 4.55. The van der Waals surface area contributed by atoms with Crippen molar-refractivity contribution in [1.29, 1.82) is 5.26 Å². The van der Waals surface area contributed by atoms with Crippen LogP contribution in [-0.4, -0.2) is 32.4 Å². The van der Waals surface area contributed by atoms with Crippen LogP contribution < -0.4 is 11.1 Å². The van der Waals surface area contributed by atoms with Crippen LogP contribution in [0.4, 0.5) is 5.69 Å². The lowest BCUT2D eigenvalue weighted by Crippen LogP contribution is -2.39. The number of unbranched alkanes of at least 4 members (excludes halogenated alkanes) is 1. The maximum Gasteiger partial charge on any atom is 0.240 e. The van der Waals surface area contributed by atoms with E-state index in [1.54, 1.807) is 23.1 Å². The summed E-state index contributed by atoms with van der Waals surface area (Å²) in [4.78, 5) is 16.3. The topological polar surface area (TPSA) is 123 Å². The Balaban J connectivity index is 1.77. The number of rotatable bonds is 9. The van der Waals surface area contributed by atoms with Gasteiger partial charge in [0.25, 0.3) is 0 Å². The van der Waals surface area contributed by atoms with Gasteiger partial charge in [0.15, 0.2) is 0 Å². The van der Waals surface area contributed by atoms with Gasteiger partial charge in [-0.15, -0.1) is 5.10 Å². The Hall–Kier alpha value is -2.95. The van der Waals surface area contributed by atoms with Crippen LogP contribution >= 0.6 is 0 Å². The summed E-state index contributed by atoms with van der Waals surface area (Å²) in [6.45, 7) is 4.97. The minimum Gasteiger partial charge on any atom is -0.397 e. The van der Waals surface area contributed by atoms with Gasteiger partial charge in [0.2, 0.25) is 5.91 Å². The summed E-state index contributed by atoms with van der Waals surface area (Å²) in [6.07, 6.45) is 7.82. The second-order valence-corrected chi connectivity index (χ2v) is 6.24. The minimum atomic E-state index is -0.910. The van der Waals surface area contributed by atoms with Crippen LogP contribution in [0.1, 0.15) is 39.5 Å². The van der Waals surface area contributed by atoms with E-state index in [0.29, 0.717) is 31.6 Å². The molecule has 26 heavy (non-hydrogen) atoms. The molecule has 2 rings (SSSR count). The van der Waals surface area contributed by atoms with Crippen molar-refractivity contribution >= 4 is 11.6 Å². The Kier molecular flexibility index (Phi) is 6.67. The number of nitrogens with one attached hydrogen (secondary N) is 1. The number of amides is 1. The molecule has 0 aliphatic rings. The van der Waals surface area contributed by atoms with Gasteiger partial charge in [-0.1, -0.05) is 19.1 Å². The van der Waals surface area contributed by atoms with Crippen molar-refractivity contribution in [3.05, 3.63) is 24.7 Å². The van der Waals surface area contributed by atoms with Crippen LogP contribution in [0.2, 0.25) is 0 Å². The fourth-order valence-electron chi connectivity index (χ4n) is 2.69. The highest BCUT2D eigenvalue weighted by molar-refractivity contribution is 5.85. The monoisotopic (exact) mass is 355 g/mol. The fourth-order valence-corrected chi connectivity index (χ4v) is 2.69. The second-order valence-electron chi connectivity index (χ2n) is 6.24. The quantitative estimate of drug-likeness (QED) is 0.664. The van der Waals surface area contributed by atoms with Crippen molar-refractivity contribution in [1.82, 2.24) is 25.3 Å². The van der Waals surface area contributed by atoms with Crippen molar-refractivity contribution in [3.8, 4) is 17.3 Å². The number of nitrogen functional groups attached to an aromatic ring is 1. The molecule has 0 spiro atoms. The van der Waals surface area contributed by atoms with E-state index >= 15 is 0 Å². The number of carbonyl (C=O) groups excluding carboxylic acids is 1. The highest BCUT2D eigenvalue weighted by atomic mass is 16.2. The molecule has 0 unspecified atom stereocenters. The molecule has 0 bridgehead atoms. The van der Waals surface area contributed by atoms with Gasteiger partial charge in [0.05, 0.1) is 18.0 Å². The van der Waals surface area contributed by atoms with E-state index < -0.39 is 5.41 Å². The largest absolute Gasteiger partial charge is 0.397 e. The fraction of sp³-hybridized carbons (Fsp3) is 0.500. The van der Waals surface area contributed by atoms with E-state index in [9.17, 15) is 10.1 Å². The Bertz CT molecular complexity index is 774. The van der Waals surface area contributed by atoms with Crippen LogP contribution in [0.3, 0.4) is 0 Å². The van der Waals surface area contributed by atoms with Crippen LogP contribution in [-0.2, 0) is 11.3 Å². The Labute approximate surface area is 153 Å². The molecular weight excluding hydrogens is 330 g/mol. The van der Waals surface area contributed by atoms with Crippen molar-refractivity contribution in [3.63, 3.8) is 0 Å². The number of nitriles is 1. The van der Waals surface area contributed by atoms with Crippen LogP contribution in [0.5, 0.6) is 0 Å². The van der Waals surface area contributed by atoms with E-state index in [-0.39, 0.29) is 5.91 Å². The maximum atomic E-state index is 12.2. The van der Waals surface area contributed by atoms with E-state index in [2.05, 4.69) is 26.7 Å². The number of aryl methyl sites for hydroxylation is 1. The number of pyridine rings is 1. The van der Waals surface area contributed by atoms with Crippen molar-refractivity contribution in [2.45, 2.75) is 46.1 Å². The van der Waals surface area contributed by atoms with Crippen molar-refractivity contribution < 1.29 is 4.79 Å². The molecule has 3 N–H and O–H groups in total. The van der Waals surface area contributed by atoms with E-state index in [0.717, 1.165) is 24.1 Å². The first kappa shape index (κ1) is 19.4. The molecule has 0 atom stereocenters. The van der Waals surface area contributed by atoms with Gasteiger partial charge in [-0.2, -0.15) is 5.26 Å². The predicted octanol–water partition coefficient (Wildman–Crippen LogP) is 2.15. The Morgan fingerprint density at radius 2 is 2.12 bits per heavy atom. The summed E-state index contributed by atoms with van der Waals surface area (Å²) in [7, 11) is 0. The van der Waals surface area contributed by atoms with Gasteiger partial charge in [0, 0.05) is 31.0 Å². The zero-order valence-electron chi connectivity index (χ0n) is 15.3. The lowest BCUT2D eigenvalue weighted by molar-refractivity contribution is -0.128. The van der Waals surface area contributed by atoms with E-state index in [1.165, 1.54) is 0 Å². The van der Waals surface area contributed by atoms with Gasteiger partial charge < -0.3 is 11.1 Å². The summed E-state index contributed by atoms with van der Waals surface area (Å²) in [5, 5.41) is 20.4. The summed E-state index contributed by atoms with van der Waals surface area (Å²) < 4.78 is 1.76. The molecule has 2 aromatic rings. The summed E-state index contributed by atoms with van der Waals surface area (Å²) in [5.41, 5.74) is 6.96. The molecule has 2 aromatic heterocycles. The number of aromatic nitrogens is 4. The molecule has 0 aromatic carbocycles. The molecule has 8 nitrogen and oxygen atoms in total. The molecule has 0 saturated heterocycles. The van der Waals surface area contributed by atoms with Gasteiger partial charge in [-0.3, -0.25) is 14.5 Å². The Morgan fingerprint density at radius 1 is 1.35 bits per heavy atom. The SMILES string of the molecule is CCC(C#N)(CC)C(=O)NCCCCn1cc(-c2cncc(N)c2)nn1. The van der Waals surface area contributed by atoms with E-state index in [4.69, 9.17) is 5.73 Å². The smallest absolute Gasteiger partial charge is 0.240 e. The molecule has 2 heterocycles. The first-order valence-electron chi connectivity index (χ1n) is 8.85. The van der Waals surface area contributed by atoms with Gasteiger partial charge in [-0.05, 0) is 31.7 Å². The molecule has 0 saturated carbocycles. The molecule has 0 fully saturated rings. The lowest BCUT2D eigenvalue weighted by atomic mass is 9.83. The standard InChI is InChI=1S/C18H25N7O/c1-3-18(4-2,13-19)17(26)22-7-5-6-8-25-12-16(23-24-25)14-9-15(20)11-21-10-14/h9-12H,3-8,20H2,1-2H3,(H,22,26). The zero-order chi connectivity index (χ0) is 19.0. The summed E-state index contributed by atoms with van der Waals surface area (Å²) >= 11 is 0. The highest BCUT2D eigenvalue weighted by Gasteiger charge is 2.34. The van der Waals surface area contributed by atoms with Crippen LogP contribution in [0.25, 0.3) is 11.3 Å². The number of anilines is 1. The molecule has 0 radical (unpaired) electrons. The van der Waals surface area contributed by atoms with Crippen LogP contribution in [0, 0.1) is 16.7 Å². The lowest BCUT2D eigenvalue weighted by Gasteiger charge is -2.22. The molecule has 0 aliphatic carbocycles. The minimum absolute atomic E-state index is 0.179. The maximum absolute atomic E-state index is 12.2. The zero-order valence-corrected chi connectivity index (χ0v) is 15.3. The molecule has 138 valence electrons. The van der Waals surface area contributed by atoms with E-state index in [1.807, 2.05) is 20.0 Å². The van der Waals surface area contributed by atoms with Crippen molar-refractivity contribution in [2.24, 2.45) is 5.41 Å². The highest BCUT2D eigenvalue weighted by Crippen LogP contribution is 2.25. The van der Waals surface area contributed by atoms with Crippen molar-refractivity contribution in [2.75, 3.05) is 12.3 Å². The average Bonchev–Trinajstić information content (AvgIpc) is 3.12. The summed E-state index contributed by atoms with van der Waals surface area (Å²) in [5.74, 6) is -0.179. The summed E-state index contributed by atoms with van der Waals surface area (Å²) in [6, 6.07) is 3.96. The average molecular weight is 355 g/mol. The number of nitrogens with two attached hydrogens (primary N) is 1. The number of carbonyl (C=O) groups is 1. The number of nitrogens with zero attached hydrogens (tertiary/aromatic N) is 5. The number of hydrogen-bond donors (Lipinski definition) is 2. The molecule has 1 amide bonds. The van der Waals surface area contributed by atoms with Gasteiger partial charge in [-0.25, -0.2) is 0 Å². The van der Waals surface area contributed by atoms with Gasteiger partial charge in [0.1, 0.15) is 11.1 Å². The van der Waals surface area contributed by atoms with Crippen LogP contribution in [0.15, 0.2) is 24.7 Å². The predicted molar refractivity (Wildman–Crippen MR) is 98.5 cm³/mol. The molecule has 0 aliphatic heterocycles. The molecule has 8 heteroatoms. The molecular formula is C18H25N7O. The van der Waals surface area contributed by atoms with Gasteiger partial charge >= 0.3 is 0 Å².